The van der Waals surface area contributed by atoms with Crippen molar-refractivity contribution in [3.8, 4) is 0 Å². The number of rotatable bonds is 8. The number of para-hydroxylation sites is 1. The first kappa shape index (κ1) is 22.1. The molecule has 32 heavy (non-hydrogen) atoms. The monoisotopic (exact) mass is 466 g/mol. The average Bonchev–Trinajstić information content (AvgIpc) is 3.17. The van der Waals surface area contributed by atoms with Gasteiger partial charge in [-0.1, -0.05) is 60.7 Å². The van der Waals surface area contributed by atoms with E-state index in [1.165, 1.54) is 17.7 Å². The minimum Gasteiger partial charge on any atom is -0.451 e. The second kappa shape index (κ2) is 9.60. The van der Waals surface area contributed by atoms with E-state index in [1.807, 2.05) is 42.5 Å². The van der Waals surface area contributed by atoms with Crippen LogP contribution >= 0.6 is 11.8 Å². The Hall–Kier alpha value is -3.07. The first-order chi connectivity index (χ1) is 15.4. The first-order valence-corrected chi connectivity index (χ1v) is 12.6. The van der Waals surface area contributed by atoms with Crippen molar-refractivity contribution >= 4 is 38.7 Å². The standard InChI is InChI=1S/C24H22N2O4S2/c25-32(28,29)19-12-10-17(11-13-19)14-26-24(27)23-21(20-8-4-5-9-22(20)30-23)16-31-15-18-6-2-1-3-7-18/h1-13H,14-16H2,(H,26,27)(H2,25,28,29). The summed E-state index contributed by atoms with van der Waals surface area (Å²) in [7, 11) is -3.75. The van der Waals surface area contributed by atoms with E-state index in [4.69, 9.17) is 9.56 Å². The molecule has 0 saturated carbocycles. The highest BCUT2D eigenvalue weighted by Gasteiger charge is 2.20. The highest BCUT2D eigenvalue weighted by atomic mass is 32.2. The smallest absolute Gasteiger partial charge is 0.287 e. The molecule has 0 fully saturated rings. The molecule has 1 heterocycles. The molecule has 0 radical (unpaired) electrons. The summed E-state index contributed by atoms with van der Waals surface area (Å²) in [4.78, 5) is 13.0. The summed E-state index contributed by atoms with van der Waals surface area (Å²) < 4.78 is 28.7. The van der Waals surface area contributed by atoms with E-state index in [1.54, 1.807) is 23.9 Å². The minimum absolute atomic E-state index is 0.0302. The summed E-state index contributed by atoms with van der Waals surface area (Å²) in [6.07, 6.45) is 0. The zero-order chi connectivity index (χ0) is 22.6. The van der Waals surface area contributed by atoms with E-state index in [0.717, 1.165) is 22.3 Å². The molecule has 1 aromatic heterocycles. The predicted molar refractivity (Wildman–Crippen MR) is 127 cm³/mol. The Bertz CT molecular complexity index is 1330. The number of nitrogens with one attached hydrogen (secondary N) is 1. The molecule has 4 rings (SSSR count). The quantitative estimate of drug-likeness (QED) is 0.400. The number of primary sulfonamides is 1. The zero-order valence-electron chi connectivity index (χ0n) is 17.2. The topological polar surface area (TPSA) is 102 Å². The Balaban J connectivity index is 1.48. The van der Waals surface area contributed by atoms with Crippen LogP contribution in [0.2, 0.25) is 0 Å². The Morgan fingerprint density at radius 2 is 1.56 bits per heavy atom. The lowest BCUT2D eigenvalue weighted by Crippen LogP contribution is -2.23. The fraction of sp³-hybridized carbons (Fsp3) is 0.125. The molecule has 0 aliphatic carbocycles. The van der Waals surface area contributed by atoms with Crippen molar-refractivity contribution in [1.82, 2.24) is 5.32 Å². The summed E-state index contributed by atoms with van der Waals surface area (Å²) in [5, 5.41) is 8.91. The SMILES string of the molecule is NS(=O)(=O)c1ccc(CNC(=O)c2oc3ccccc3c2CSCc2ccccc2)cc1. The van der Waals surface area contributed by atoms with E-state index in [0.29, 0.717) is 17.1 Å². The van der Waals surface area contributed by atoms with Gasteiger partial charge in [0.1, 0.15) is 5.58 Å². The molecule has 0 aliphatic heterocycles. The Labute approximate surface area is 190 Å². The van der Waals surface area contributed by atoms with Crippen LogP contribution in [0.1, 0.15) is 27.2 Å². The molecule has 0 spiro atoms. The van der Waals surface area contributed by atoms with Crippen molar-refractivity contribution in [2.45, 2.75) is 22.9 Å². The number of fused-ring (bicyclic) bond motifs is 1. The number of sulfonamides is 1. The number of amides is 1. The lowest BCUT2D eigenvalue weighted by atomic mass is 10.1. The maximum Gasteiger partial charge on any atom is 0.287 e. The minimum atomic E-state index is -3.75. The first-order valence-electron chi connectivity index (χ1n) is 9.94. The molecule has 6 nitrogen and oxygen atoms in total. The third kappa shape index (κ3) is 5.21. The van der Waals surface area contributed by atoms with Crippen LogP contribution < -0.4 is 10.5 Å². The second-order valence-corrected chi connectivity index (χ2v) is 9.80. The fourth-order valence-electron chi connectivity index (χ4n) is 3.33. The van der Waals surface area contributed by atoms with Gasteiger partial charge in [-0.25, -0.2) is 13.6 Å². The molecule has 0 atom stereocenters. The maximum atomic E-state index is 12.9. The molecule has 1 amide bonds. The predicted octanol–water partition coefficient (Wildman–Crippen LogP) is 4.44. The summed E-state index contributed by atoms with van der Waals surface area (Å²) in [5.41, 5.74) is 3.51. The largest absolute Gasteiger partial charge is 0.451 e. The Kier molecular flexibility index (Phi) is 6.64. The van der Waals surface area contributed by atoms with Gasteiger partial charge in [-0.3, -0.25) is 4.79 Å². The van der Waals surface area contributed by atoms with E-state index in [-0.39, 0.29) is 17.3 Å². The fourth-order valence-corrected chi connectivity index (χ4v) is 4.87. The van der Waals surface area contributed by atoms with E-state index in [9.17, 15) is 13.2 Å². The van der Waals surface area contributed by atoms with Crippen LogP contribution in [0.5, 0.6) is 0 Å². The third-order valence-electron chi connectivity index (χ3n) is 4.97. The molecule has 8 heteroatoms. The number of thioether (sulfide) groups is 1. The van der Waals surface area contributed by atoms with E-state index < -0.39 is 10.0 Å². The van der Waals surface area contributed by atoms with Crippen molar-refractivity contribution in [2.75, 3.05) is 0 Å². The van der Waals surface area contributed by atoms with Gasteiger partial charge in [0.25, 0.3) is 5.91 Å². The summed E-state index contributed by atoms with van der Waals surface area (Å²) in [6, 6.07) is 23.9. The summed E-state index contributed by atoms with van der Waals surface area (Å²) >= 11 is 1.72. The lowest BCUT2D eigenvalue weighted by molar-refractivity contribution is 0.0924. The molecular weight excluding hydrogens is 444 g/mol. The zero-order valence-corrected chi connectivity index (χ0v) is 18.8. The number of furan rings is 1. The van der Waals surface area contributed by atoms with Gasteiger partial charge < -0.3 is 9.73 Å². The van der Waals surface area contributed by atoms with Crippen LogP contribution in [-0.2, 0) is 28.1 Å². The van der Waals surface area contributed by atoms with Gasteiger partial charge in [0.2, 0.25) is 10.0 Å². The van der Waals surface area contributed by atoms with Gasteiger partial charge in [0.05, 0.1) is 4.90 Å². The summed E-state index contributed by atoms with van der Waals surface area (Å²) in [5.74, 6) is 1.45. The van der Waals surface area contributed by atoms with Crippen molar-refractivity contribution in [3.05, 3.63) is 101 Å². The van der Waals surface area contributed by atoms with Crippen LogP contribution in [0.25, 0.3) is 11.0 Å². The third-order valence-corrected chi connectivity index (χ3v) is 6.93. The van der Waals surface area contributed by atoms with Crippen molar-refractivity contribution < 1.29 is 17.6 Å². The van der Waals surface area contributed by atoms with Crippen LogP contribution in [-0.4, -0.2) is 14.3 Å². The van der Waals surface area contributed by atoms with E-state index in [2.05, 4.69) is 17.4 Å². The highest BCUT2D eigenvalue weighted by molar-refractivity contribution is 7.97. The Morgan fingerprint density at radius 3 is 2.28 bits per heavy atom. The average molecular weight is 467 g/mol. The molecule has 4 aromatic rings. The summed E-state index contributed by atoms with van der Waals surface area (Å²) in [6.45, 7) is 0.234. The molecule has 0 aliphatic rings. The van der Waals surface area contributed by atoms with Crippen LogP contribution in [0.15, 0.2) is 88.2 Å². The molecule has 164 valence electrons. The number of carbonyl (C=O) groups is 1. The van der Waals surface area contributed by atoms with Crippen LogP contribution in [0.3, 0.4) is 0 Å². The molecular formula is C24H22N2O4S2. The van der Waals surface area contributed by atoms with E-state index >= 15 is 0 Å². The molecule has 0 saturated heterocycles. The Morgan fingerprint density at radius 1 is 0.875 bits per heavy atom. The van der Waals surface area contributed by atoms with Gasteiger partial charge in [-0.15, -0.1) is 0 Å². The van der Waals surface area contributed by atoms with Crippen LogP contribution in [0.4, 0.5) is 0 Å². The van der Waals surface area contributed by atoms with Gasteiger partial charge in [-0.2, -0.15) is 11.8 Å². The second-order valence-electron chi connectivity index (χ2n) is 7.26. The number of benzene rings is 3. The molecule has 3 aromatic carbocycles. The lowest BCUT2D eigenvalue weighted by Gasteiger charge is -2.07. The molecule has 3 N–H and O–H groups in total. The van der Waals surface area contributed by atoms with Gasteiger partial charge >= 0.3 is 0 Å². The normalized spacial score (nSPS) is 11.5. The van der Waals surface area contributed by atoms with Crippen LogP contribution in [0, 0.1) is 0 Å². The molecule has 0 bridgehead atoms. The molecule has 0 unspecified atom stereocenters. The number of carbonyl (C=O) groups excluding carboxylic acids is 1. The van der Waals surface area contributed by atoms with Crippen molar-refractivity contribution in [2.24, 2.45) is 5.14 Å². The maximum absolute atomic E-state index is 12.9. The highest BCUT2D eigenvalue weighted by Crippen LogP contribution is 2.30. The van der Waals surface area contributed by atoms with Crippen molar-refractivity contribution in [1.29, 1.82) is 0 Å². The van der Waals surface area contributed by atoms with Crippen molar-refractivity contribution in [3.63, 3.8) is 0 Å². The number of nitrogens with two attached hydrogens (primary N) is 1. The van der Waals surface area contributed by atoms with Gasteiger partial charge in [-0.05, 0) is 29.3 Å². The number of hydrogen-bond donors (Lipinski definition) is 2. The van der Waals surface area contributed by atoms with Gasteiger partial charge in [0, 0.05) is 29.0 Å². The number of hydrogen-bond acceptors (Lipinski definition) is 5. The van der Waals surface area contributed by atoms with Gasteiger partial charge in [0.15, 0.2) is 5.76 Å².